The van der Waals surface area contributed by atoms with Crippen LogP contribution in [0.3, 0.4) is 0 Å². The van der Waals surface area contributed by atoms with Crippen molar-refractivity contribution in [2.45, 2.75) is 57.3 Å². The fourth-order valence-corrected chi connectivity index (χ4v) is 3.07. The number of carbonyl (C=O) groups excluding carboxylic acids is 1. The smallest absolute Gasteiger partial charge is 0.315 e. The number of benzene rings is 1. The Morgan fingerprint density at radius 1 is 1.13 bits per heavy atom. The highest BCUT2D eigenvalue weighted by Gasteiger charge is 2.28. The number of aliphatic hydroxyl groups is 1. The van der Waals surface area contributed by atoms with Crippen molar-refractivity contribution in [3.05, 3.63) is 35.4 Å². The molecular formula is C18H28N2O3. The largest absolute Gasteiger partial charge is 0.388 e. The van der Waals surface area contributed by atoms with Crippen LogP contribution in [0.5, 0.6) is 0 Å². The van der Waals surface area contributed by atoms with Crippen LogP contribution < -0.4 is 10.6 Å². The summed E-state index contributed by atoms with van der Waals surface area (Å²) in [5.41, 5.74) is 1.36. The summed E-state index contributed by atoms with van der Waals surface area (Å²) in [4.78, 5) is 12.0. The van der Waals surface area contributed by atoms with Gasteiger partial charge >= 0.3 is 6.03 Å². The molecule has 0 unspecified atom stereocenters. The molecule has 1 aliphatic rings. The molecule has 2 amide bonds. The van der Waals surface area contributed by atoms with Gasteiger partial charge in [-0.1, -0.05) is 49.9 Å². The van der Waals surface area contributed by atoms with E-state index in [1.165, 1.54) is 12.8 Å². The van der Waals surface area contributed by atoms with E-state index >= 15 is 0 Å². The number of amides is 2. The molecule has 2 rings (SSSR count). The average Bonchev–Trinajstić information content (AvgIpc) is 2.78. The lowest BCUT2D eigenvalue weighted by atomic mass is 9.95. The number of methoxy groups -OCH3 is 1. The summed E-state index contributed by atoms with van der Waals surface area (Å²) in [7, 11) is 1.66. The van der Waals surface area contributed by atoms with E-state index in [2.05, 4.69) is 10.6 Å². The number of hydrogen-bond acceptors (Lipinski definition) is 3. The van der Waals surface area contributed by atoms with E-state index in [1.807, 2.05) is 24.3 Å². The SMILES string of the molecule is COCc1ccccc1CNC(=O)NCC1(O)CCCCCC1. The fraction of sp³-hybridized carbons (Fsp3) is 0.611. The zero-order valence-corrected chi connectivity index (χ0v) is 13.9. The third-order valence-electron chi connectivity index (χ3n) is 4.47. The van der Waals surface area contributed by atoms with Crippen LogP contribution >= 0.6 is 0 Å². The standard InChI is InChI=1S/C18H28N2O3/c1-23-13-16-9-5-4-8-15(16)12-19-17(21)20-14-18(22)10-6-2-3-7-11-18/h4-5,8-9,22H,2-3,6-7,10-14H2,1H3,(H2,19,20,21). The summed E-state index contributed by atoms with van der Waals surface area (Å²) in [6.45, 7) is 1.29. The van der Waals surface area contributed by atoms with Gasteiger partial charge in [0, 0.05) is 20.2 Å². The second-order valence-corrected chi connectivity index (χ2v) is 6.38. The van der Waals surface area contributed by atoms with Crippen molar-refractivity contribution in [1.29, 1.82) is 0 Å². The molecule has 0 aliphatic heterocycles. The maximum absolute atomic E-state index is 12.0. The van der Waals surface area contributed by atoms with Crippen LogP contribution in [-0.4, -0.2) is 30.4 Å². The van der Waals surface area contributed by atoms with Crippen LogP contribution in [0.4, 0.5) is 4.79 Å². The van der Waals surface area contributed by atoms with Gasteiger partial charge in [0.25, 0.3) is 0 Å². The van der Waals surface area contributed by atoms with Gasteiger partial charge in [-0.05, 0) is 24.0 Å². The normalized spacial score (nSPS) is 17.3. The molecule has 1 fully saturated rings. The molecule has 128 valence electrons. The maximum atomic E-state index is 12.0. The second-order valence-electron chi connectivity index (χ2n) is 6.38. The van der Waals surface area contributed by atoms with E-state index in [0.29, 0.717) is 19.7 Å². The Hall–Kier alpha value is -1.59. The maximum Gasteiger partial charge on any atom is 0.315 e. The van der Waals surface area contributed by atoms with Gasteiger partial charge in [0.05, 0.1) is 12.2 Å². The highest BCUT2D eigenvalue weighted by Crippen LogP contribution is 2.26. The summed E-state index contributed by atoms with van der Waals surface area (Å²) in [6, 6.07) is 7.64. The predicted octanol–water partition coefficient (Wildman–Crippen LogP) is 2.72. The molecule has 0 atom stereocenters. The first kappa shape index (κ1) is 17.8. The van der Waals surface area contributed by atoms with Crippen molar-refractivity contribution in [3.63, 3.8) is 0 Å². The molecule has 0 aromatic heterocycles. The quantitative estimate of drug-likeness (QED) is 0.706. The third-order valence-corrected chi connectivity index (χ3v) is 4.47. The molecule has 5 nitrogen and oxygen atoms in total. The van der Waals surface area contributed by atoms with Crippen LogP contribution in [0.15, 0.2) is 24.3 Å². The minimum absolute atomic E-state index is 0.241. The van der Waals surface area contributed by atoms with E-state index in [-0.39, 0.29) is 6.03 Å². The first-order valence-electron chi connectivity index (χ1n) is 8.43. The number of ether oxygens (including phenoxy) is 1. The van der Waals surface area contributed by atoms with Crippen LogP contribution in [0.1, 0.15) is 49.7 Å². The van der Waals surface area contributed by atoms with Gasteiger partial charge in [0.1, 0.15) is 0 Å². The number of rotatable bonds is 6. The molecule has 5 heteroatoms. The zero-order valence-electron chi connectivity index (χ0n) is 13.9. The molecule has 1 aromatic carbocycles. The van der Waals surface area contributed by atoms with Crippen molar-refractivity contribution in [2.75, 3.05) is 13.7 Å². The summed E-state index contributed by atoms with van der Waals surface area (Å²) >= 11 is 0. The number of hydrogen-bond donors (Lipinski definition) is 3. The second kappa shape index (κ2) is 8.89. The number of nitrogens with one attached hydrogen (secondary N) is 2. The Bertz CT molecular complexity index is 497. The van der Waals surface area contributed by atoms with Crippen molar-refractivity contribution >= 4 is 6.03 Å². The molecule has 0 saturated heterocycles. The van der Waals surface area contributed by atoms with Crippen molar-refractivity contribution < 1.29 is 14.6 Å². The van der Waals surface area contributed by atoms with Crippen LogP contribution in [0.25, 0.3) is 0 Å². The van der Waals surface area contributed by atoms with Gasteiger partial charge in [-0.3, -0.25) is 0 Å². The van der Waals surface area contributed by atoms with E-state index in [0.717, 1.165) is 36.8 Å². The number of carbonyl (C=O) groups is 1. The first-order chi connectivity index (χ1) is 11.1. The van der Waals surface area contributed by atoms with Gasteiger partial charge in [-0.2, -0.15) is 0 Å². The van der Waals surface area contributed by atoms with Crippen LogP contribution in [0, 0.1) is 0 Å². The molecule has 0 bridgehead atoms. The average molecular weight is 320 g/mol. The van der Waals surface area contributed by atoms with Crippen LogP contribution in [-0.2, 0) is 17.9 Å². The molecule has 1 saturated carbocycles. The third kappa shape index (κ3) is 5.84. The Morgan fingerprint density at radius 3 is 2.43 bits per heavy atom. The van der Waals surface area contributed by atoms with Gasteiger partial charge in [-0.15, -0.1) is 0 Å². The number of urea groups is 1. The minimum Gasteiger partial charge on any atom is -0.388 e. The Labute approximate surface area is 138 Å². The first-order valence-corrected chi connectivity index (χ1v) is 8.43. The van der Waals surface area contributed by atoms with E-state index in [9.17, 15) is 9.90 Å². The summed E-state index contributed by atoms with van der Waals surface area (Å²) in [6.07, 6.45) is 5.94. The molecule has 1 aromatic rings. The van der Waals surface area contributed by atoms with Gasteiger partial charge in [-0.25, -0.2) is 4.79 Å². The van der Waals surface area contributed by atoms with Crippen molar-refractivity contribution in [3.8, 4) is 0 Å². The Morgan fingerprint density at radius 2 is 1.78 bits per heavy atom. The minimum atomic E-state index is -0.748. The monoisotopic (exact) mass is 320 g/mol. The molecule has 0 heterocycles. The fourth-order valence-electron chi connectivity index (χ4n) is 3.07. The predicted molar refractivity (Wildman–Crippen MR) is 90.0 cm³/mol. The zero-order chi connectivity index (χ0) is 16.5. The van der Waals surface area contributed by atoms with E-state index in [1.54, 1.807) is 7.11 Å². The molecule has 23 heavy (non-hydrogen) atoms. The molecule has 3 N–H and O–H groups in total. The highest BCUT2D eigenvalue weighted by atomic mass is 16.5. The molecular weight excluding hydrogens is 292 g/mol. The van der Waals surface area contributed by atoms with Crippen molar-refractivity contribution in [2.24, 2.45) is 0 Å². The van der Waals surface area contributed by atoms with E-state index in [4.69, 9.17) is 4.74 Å². The Kier molecular flexibility index (Phi) is 6.86. The molecule has 0 radical (unpaired) electrons. The van der Waals surface area contributed by atoms with Gasteiger partial charge in [0.2, 0.25) is 0 Å². The lowest BCUT2D eigenvalue weighted by Gasteiger charge is -2.26. The van der Waals surface area contributed by atoms with Crippen molar-refractivity contribution in [1.82, 2.24) is 10.6 Å². The lowest BCUT2D eigenvalue weighted by molar-refractivity contribution is 0.0276. The van der Waals surface area contributed by atoms with Crippen LogP contribution in [0.2, 0.25) is 0 Å². The van der Waals surface area contributed by atoms with Gasteiger partial charge < -0.3 is 20.5 Å². The summed E-state index contributed by atoms with van der Waals surface area (Å²) in [5, 5.41) is 16.2. The summed E-state index contributed by atoms with van der Waals surface area (Å²) in [5.74, 6) is 0. The van der Waals surface area contributed by atoms with Gasteiger partial charge in [0.15, 0.2) is 0 Å². The topological polar surface area (TPSA) is 70.6 Å². The molecule has 0 spiro atoms. The lowest BCUT2D eigenvalue weighted by Crippen LogP contribution is -2.46. The highest BCUT2D eigenvalue weighted by molar-refractivity contribution is 5.73. The Balaban J connectivity index is 1.79. The summed E-state index contributed by atoms with van der Waals surface area (Å²) < 4.78 is 5.17. The van der Waals surface area contributed by atoms with E-state index < -0.39 is 5.60 Å². The molecule has 1 aliphatic carbocycles.